The monoisotopic (exact) mass is 500 g/mol. The molecule has 0 fully saturated rings. The molecule has 0 atom stereocenters. The number of aromatic amines is 1. The zero-order valence-corrected chi connectivity index (χ0v) is 19.0. The van der Waals surface area contributed by atoms with Crippen LogP contribution in [0.15, 0.2) is 77.3 Å². The molecule has 0 unspecified atom stereocenters. The van der Waals surface area contributed by atoms with Crippen LogP contribution in [0.3, 0.4) is 0 Å². The minimum absolute atomic E-state index is 0.384. The van der Waals surface area contributed by atoms with Crippen LogP contribution < -0.4 is 10.2 Å². The van der Waals surface area contributed by atoms with Gasteiger partial charge in [0, 0.05) is 26.2 Å². The Balaban J connectivity index is 1.55. The smallest absolute Gasteiger partial charge is 0.214 e. The van der Waals surface area contributed by atoms with Crippen molar-refractivity contribution in [3.8, 4) is 17.1 Å². The van der Waals surface area contributed by atoms with E-state index in [2.05, 4.69) is 31.6 Å². The Morgan fingerprint density at radius 1 is 1.03 bits per heavy atom. The molecule has 4 aromatic rings. The Kier molecular flexibility index (Phi) is 6.52. The summed E-state index contributed by atoms with van der Waals surface area (Å²) in [4.78, 5) is 0. The average molecular weight is 502 g/mol. The van der Waals surface area contributed by atoms with Crippen molar-refractivity contribution >= 4 is 39.7 Å². The fourth-order valence-electron chi connectivity index (χ4n) is 2.99. The van der Waals surface area contributed by atoms with Crippen LogP contribution in [-0.4, -0.2) is 14.9 Å². The van der Waals surface area contributed by atoms with Crippen LogP contribution >= 0.6 is 39.7 Å². The summed E-state index contributed by atoms with van der Waals surface area (Å²) < 4.78 is 9.29. The molecule has 2 N–H and O–H groups in total. The van der Waals surface area contributed by atoms with Crippen LogP contribution in [-0.2, 0) is 13.2 Å². The topological polar surface area (TPSA) is 54.9 Å². The molecule has 1 heterocycles. The van der Waals surface area contributed by atoms with Crippen molar-refractivity contribution in [2.24, 2.45) is 0 Å². The second-order valence-corrected chi connectivity index (χ2v) is 8.23. The number of halogens is 2. The normalized spacial score (nSPS) is 10.7. The molecule has 0 aliphatic heterocycles. The molecule has 3 aromatic carbocycles. The number of aromatic nitrogens is 3. The molecule has 0 radical (unpaired) electrons. The molecule has 0 saturated heterocycles. The van der Waals surface area contributed by atoms with Gasteiger partial charge in [0.15, 0.2) is 5.82 Å². The van der Waals surface area contributed by atoms with Gasteiger partial charge >= 0.3 is 0 Å². The first-order chi connectivity index (χ1) is 14.6. The van der Waals surface area contributed by atoms with E-state index in [4.69, 9.17) is 28.6 Å². The van der Waals surface area contributed by atoms with Gasteiger partial charge in [0.2, 0.25) is 4.77 Å². The van der Waals surface area contributed by atoms with Crippen molar-refractivity contribution in [2.45, 2.75) is 13.2 Å². The lowest BCUT2D eigenvalue weighted by molar-refractivity contribution is 0.303. The molecule has 1 aromatic heterocycles. The molecule has 0 amide bonds. The largest absolute Gasteiger partial charge is 0.488 e. The van der Waals surface area contributed by atoms with Crippen LogP contribution in [0.5, 0.6) is 5.75 Å². The lowest BCUT2D eigenvalue weighted by Crippen LogP contribution is -2.16. The van der Waals surface area contributed by atoms with Gasteiger partial charge in [-0.25, -0.2) is 9.77 Å². The predicted octanol–water partition coefficient (Wildman–Crippen LogP) is 6.35. The molecular formula is C22H18BrClN4OS. The van der Waals surface area contributed by atoms with Gasteiger partial charge < -0.3 is 10.2 Å². The van der Waals surface area contributed by atoms with E-state index in [1.807, 2.05) is 72.8 Å². The lowest BCUT2D eigenvalue weighted by atomic mass is 10.2. The second kappa shape index (κ2) is 9.47. The van der Waals surface area contributed by atoms with E-state index in [9.17, 15) is 0 Å². The molecule has 0 aliphatic rings. The van der Waals surface area contributed by atoms with Crippen LogP contribution in [0, 0.1) is 4.77 Å². The molecule has 8 heteroatoms. The molecule has 0 spiro atoms. The van der Waals surface area contributed by atoms with Gasteiger partial charge in [-0.2, -0.15) is 5.10 Å². The maximum atomic E-state index is 6.25. The molecule has 0 bridgehead atoms. The van der Waals surface area contributed by atoms with Crippen molar-refractivity contribution < 1.29 is 4.74 Å². The summed E-state index contributed by atoms with van der Waals surface area (Å²) in [6.45, 7) is 0.875. The van der Waals surface area contributed by atoms with E-state index in [0.29, 0.717) is 28.8 Å². The number of rotatable bonds is 7. The Hall–Kier alpha value is -2.61. The van der Waals surface area contributed by atoms with Crippen molar-refractivity contribution in [1.82, 2.24) is 14.9 Å². The highest BCUT2D eigenvalue weighted by Gasteiger charge is 2.11. The standard InChI is InChI=1S/C22H18BrClN4OS/c23-18-10-11-20(29-14-16-8-4-5-9-19(16)24)17(12-18)13-25-28-21(26-27-22(28)30)15-6-2-1-3-7-15/h1-12,25H,13-14H2,(H,27,30). The number of hydrogen-bond acceptors (Lipinski definition) is 4. The molecule has 4 rings (SSSR count). The van der Waals surface area contributed by atoms with Gasteiger partial charge in [-0.3, -0.25) is 0 Å². The highest BCUT2D eigenvalue weighted by molar-refractivity contribution is 9.10. The van der Waals surface area contributed by atoms with Gasteiger partial charge in [0.05, 0.1) is 6.54 Å². The molecule has 0 saturated carbocycles. The van der Waals surface area contributed by atoms with E-state index in [1.165, 1.54) is 0 Å². The summed E-state index contributed by atoms with van der Waals surface area (Å²) in [5.41, 5.74) is 6.21. The number of H-pyrrole nitrogens is 1. The van der Waals surface area contributed by atoms with Crippen molar-refractivity contribution in [2.75, 3.05) is 5.43 Å². The van der Waals surface area contributed by atoms with Crippen LogP contribution in [0.4, 0.5) is 0 Å². The zero-order chi connectivity index (χ0) is 20.9. The number of ether oxygens (including phenoxy) is 1. The number of benzene rings is 3. The number of hydrogen-bond donors (Lipinski definition) is 2. The second-order valence-electron chi connectivity index (χ2n) is 6.52. The molecule has 30 heavy (non-hydrogen) atoms. The Morgan fingerprint density at radius 3 is 2.60 bits per heavy atom. The van der Waals surface area contributed by atoms with Crippen molar-refractivity contribution in [1.29, 1.82) is 0 Å². The van der Waals surface area contributed by atoms with Crippen LogP contribution in [0.1, 0.15) is 11.1 Å². The van der Waals surface area contributed by atoms with E-state index < -0.39 is 0 Å². The first-order valence-corrected chi connectivity index (χ1v) is 10.8. The Labute approximate surface area is 192 Å². The number of nitrogens with one attached hydrogen (secondary N) is 2. The highest BCUT2D eigenvalue weighted by Crippen LogP contribution is 2.26. The van der Waals surface area contributed by atoms with Crippen LogP contribution in [0.25, 0.3) is 11.4 Å². The highest BCUT2D eigenvalue weighted by atomic mass is 79.9. The van der Waals surface area contributed by atoms with Gasteiger partial charge in [-0.1, -0.05) is 76.1 Å². The molecular weight excluding hydrogens is 484 g/mol. The summed E-state index contributed by atoms with van der Waals surface area (Å²) in [5.74, 6) is 1.48. The van der Waals surface area contributed by atoms with E-state index in [-0.39, 0.29) is 0 Å². The molecule has 0 aliphatic carbocycles. The first-order valence-electron chi connectivity index (χ1n) is 9.23. The average Bonchev–Trinajstić information content (AvgIpc) is 3.13. The zero-order valence-electron chi connectivity index (χ0n) is 15.8. The van der Waals surface area contributed by atoms with E-state index >= 15 is 0 Å². The third-order valence-electron chi connectivity index (χ3n) is 4.50. The van der Waals surface area contributed by atoms with Gasteiger partial charge in [-0.05, 0) is 36.5 Å². The lowest BCUT2D eigenvalue weighted by Gasteiger charge is -2.15. The quantitative estimate of drug-likeness (QED) is 0.290. The maximum absolute atomic E-state index is 6.25. The minimum atomic E-state index is 0.384. The summed E-state index contributed by atoms with van der Waals surface area (Å²) >= 11 is 15.2. The summed E-state index contributed by atoms with van der Waals surface area (Å²) in [7, 11) is 0. The maximum Gasteiger partial charge on any atom is 0.214 e. The summed E-state index contributed by atoms with van der Waals surface area (Å²) in [5, 5.41) is 7.89. The van der Waals surface area contributed by atoms with E-state index in [0.717, 1.165) is 26.9 Å². The van der Waals surface area contributed by atoms with Gasteiger partial charge in [0.25, 0.3) is 0 Å². The van der Waals surface area contributed by atoms with Crippen LogP contribution in [0.2, 0.25) is 5.02 Å². The third-order valence-corrected chi connectivity index (χ3v) is 5.63. The fourth-order valence-corrected chi connectivity index (χ4v) is 3.78. The molecule has 152 valence electrons. The first kappa shape index (κ1) is 20.7. The van der Waals surface area contributed by atoms with E-state index in [1.54, 1.807) is 4.68 Å². The third kappa shape index (κ3) is 4.75. The van der Waals surface area contributed by atoms with Gasteiger partial charge in [-0.15, -0.1) is 0 Å². The van der Waals surface area contributed by atoms with Crippen molar-refractivity contribution in [3.05, 3.63) is 98.2 Å². The fraction of sp³-hybridized carbons (Fsp3) is 0.0909. The SMILES string of the molecule is S=c1[nH]nc(-c2ccccc2)n1NCc1cc(Br)ccc1OCc1ccccc1Cl. The Bertz CT molecular complexity index is 1210. The Morgan fingerprint density at radius 2 is 1.80 bits per heavy atom. The number of nitrogens with zero attached hydrogens (tertiary/aromatic N) is 2. The molecule has 5 nitrogen and oxygen atoms in total. The summed E-state index contributed by atoms with van der Waals surface area (Å²) in [6, 6.07) is 23.4. The minimum Gasteiger partial charge on any atom is -0.488 e. The summed E-state index contributed by atoms with van der Waals surface area (Å²) in [6.07, 6.45) is 0. The predicted molar refractivity (Wildman–Crippen MR) is 126 cm³/mol. The van der Waals surface area contributed by atoms with Gasteiger partial charge in [0.1, 0.15) is 12.4 Å². The van der Waals surface area contributed by atoms with Crippen molar-refractivity contribution in [3.63, 3.8) is 0 Å².